The van der Waals surface area contributed by atoms with E-state index in [0.717, 1.165) is 0 Å². The van der Waals surface area contributed by atoms with Crippen molar-refractivity contribution >= 4 is 17.8 Å². The van der Waals surface area contributed by atoms with Gasteiger partial charge in [0.2, 0.25) is 11.8 Å². The molecule has 0 spiro atoms. The number of nitrogens with zero attached hydrogens (tertiary/aromatic N) is 2. The van der Waals surface area contributed by atoms with E-state index in [2.05, 4.69) is 0 Å². The molecule has 6 nitrogen and oxygen atoms in total. The van der Waals surface area contributed by atoms with Crippen LogP contribution in [-0.2, 0) is 14.4 Å². The fourth-order valence-electron chi connectivity index (χ4n) is 1.51. The van der Waals surface area contributed by atoms with E-state index in [0.29, 0.717) is 26.2 Å². The molecule has 0 bridgehead atoms. The molecule has 1 aliphatic heterocycles. The van der Waals surface area contributed by atoms with Crippen molar-refractivity contribution in [2.24, 2.45) is 0 Å². The van der Waals surface area contributed by atoms with E-state index in [4.69, 9.17) is 5.11 Å². The lowest BCUT2D eigenvalue weighted by Gasteiger charge is -2.33. The summed E-state index contributed by atoms with van der Waals surface area (Å²) < 4.78 is 0. The molecule has 2 amide bonds. The Hall–Kier alpha value is -1.59. The first-order valence-corrected chi connectivity index (χ1v) is 4.76. The Morgan fingerprint density at radius 1 is 1.07 bits per heavy atom. The number of aliphatic carboxylic acids is 1. The van der Waals surface area contributed by atoms with E-state index in [9.17, 15) is 14.4 Å². The van der Waals surface area contributed by atoms with Crippen LogP contribution in [-0.4, -0.2) is 58.9 Å². The number of carbonyl (C=O) groups excluding carboxylic acids is 2. The molecule has 84 valence electrons. The second kappa shape index (κ2) is 4.77. The van der Waals surface area contributed by atoms with Crippen molar-refractivity contribution in [3.05, 3.63) is 0 Å². The SMILES string of the molecule is CC(=O)N1CCN(C(=O)CC(=O)O)CC1. The average molecular weight is 214 g/mol. The molecule has 1 aliphatic rings. The summed E-state index contributed by atoms with van der Waals surface area (Å²) in [5, 5.41) is 8.44. The van der Waals surface area contributed by atoms with Crippen molar-refractivity contribution in [2.75, 3.05) is 26.2 Å². The van der Waals surface area contributed by atoms with Gasteiger partial charge in [0.25, 0.3) is 0 Å². The molecular formula is C9H14N2O4. The fraction of sp³-hybridized carbons (Fsp3) is 0.667. The van der Waals surface area contributed by atoms with Crippen molar-refractivity contribution in [3.8, 4) is 0 Å². The summed E-state index contributed by atoms with van der Waals surface area (Å²) in [6, 6.07) is 0. The summed E-state index contributed by atoms with van der Waals surface area (Å²) in [7, 11) is 0. The third kappa shape index (κ3) is 3.23. The van der Waals surface area contributed by atoms with E-state index < -0.39 is 12.4 Å². The summed E-state index contributed by atoms with van der Waals surface area (Å²) in [4.78, 5) is 35.7. The van der Waals surface area contributed by atoms with Crippen molar-refractivity contribution in [1.82, 2.24) is 9.80 Å². The lowest BCUT2D eigenvalue weighted by atomic mass is 10.3. The number of hydrogen-bond donors (Lipinski definition) is 1. The van der Waals surface area contributed by atoms with Crippen molar-refractivity contribution in [1.29, 1.82) is 0 Å². The fourth-order valence-corrected chi connectivity index (χ4v) is 1.51. The van der Waals surface area contributed by atoms with Gasteiger partial charge >= 0.3 is 5.97 Å². The molecule has 0 saturated carbocycles. The number of rotatable bonds is 2. The highest BCUT2D eigenvalue weighted by atomic mass is 16.4. The zero-order valence-corrected chi connectivity index (χ0v) is 8.60. The molecule has 1 saturated heterocycles. The van der Waals surface area contributed by atoms with Gasteiger partial charge in [-0.25, -0.2) is 0 Å². The average Bonchev–Trinajstić information content (AvgIpc) is 2.17. The van der Waals surface area contributed by atoms with Crippen molar-refractivity contribution in [3.63, 3.8) is 0 Å². The number of carboxylic acids is 1. The standard InChI is InChI=1S/C9H14N2O4/c1-7(12)10-2-4-11(5-3-10)8(13)6-9(14)15/h2-6H2,1H3,(H,14,15). The number of amides is 2. The van der Waals surface area contributed by atoms with Crippen LogP contribution in [0, 0.1) is 0 Å². The minimum atomic E-state index is -1.12. The van der Waals surface area contributed by atoms with Crippen LogP contribution in [0.2, 0.25) is 0 Å². The molecule has 1 heterocycles. The maximum absolute atomic E-state index is 11.3. The molecule has 0 atom stereocenters. The van der Waals surface area contributed by atoms with Gasteiger partial charge in [-0.05, 0) is 0 Å². The van der Waals surface area contributed by atoms with Crippen molar-refractivity contribution in [2.45, 2.75) is 13.3 Å². The van der Waals surface area contributed by atoms with Crippen LogP contribution in [0.4, 0.5) is 0 Å². The molecule has 0 radical (unpaired) electrons. The Bertz CT molecular complexity index is 282. The molecule has 0 aliphatic carbocycles. The van der Waals surface area contributed by atoms with Gasteiger partial charge in [-0.3, -0.25) is 14.4 Å². The predicted octanol–water partition coefficient (Wildman–Crippen LogP) is -0.848. The van der Waals surface area contributed by atoms with Crippen LogP contribution in [0.3, 0.4) is 0 Å². The van der Waals surface area contributed by atoms with Gasteiger partial charge in [-0.2, -0.15) is 0 Å². The third-order valence-electron chi connectivity index (χ3n) is 2.38. The van der Waals surface area contributed by atoms with Crippen molar-refractivity contribution < 1.29 is 19.5 Å². The first kappa shape index (κ1) is 11.5. The monoisotopic (exact) mass is 214 g/mol. The molecule has 15 heavy (non-hydrogen) atoms. The van der Waals surface area contributed by atoms with E-state index in [1.54, 1.807) is 4.90 Å². The van der Waals surface area contributed by atoms with Crippen LogP contribution >= 0.6 is 0 Å². The normalized spacial score (nSPS) is 16.3. The van der Waals surface area contributed by atoms with Crippen LogP contribution < -0.4 is 0 Å². The van der Waals surface area contributed by atoms with Crippen LogP contribution in [0.5, 0.6) is 0 Å². The molecule has 0 aromatic heterocycles. The second-order valence-electron chi connectivity index (χ2n) is 3.46. The summed E-state index contributed by atoms with van der Waals surface area (Å²) in [5.41, 5.74) is 0. The van der Waals surface area contributed by atoms with Gasteiger partial charge in [-0.1, -0.05) is 0 Å². The van der Waals surface area contributed by atoms with Gasteiger partial charge in [0.15, 0.2) is 0 Å². The van der Waals surface area contributed by atoms with E-state index in [-0.39, 0.29) is 11.8 Å². The third-order valence-corrected chi connectivity index (χ3v) is 2.38. The number of carboxylic acid groups (broad SMARTS) is 1. The molecule has 0 unspecified atom stereocenters. The van der Waals surface area contributed by atoms with Gasteiger partial charge in [-0.15, -0.1) is 0 Å². The maximum Gasteiger partial charge on any atom is 0.312 e. The van der Waals surface area contributed by atoms with E-state index >= 15 is 0 Å². The Labute approximate surface area is 87.5 Å². The van der Waals surface area contributed by atoms with E-state index in [1.165, 1.54) is 11.8 Å². The Morgan fingerprint density at radius 3 is 1.93 bits per heavy atom. The smallest absolute Gasteiger partial charge is 0.312 e. The minimum absolute atomic E-state index is 0.0136. The molecule has 1 rings (SSSR count). The molecule has 0 aromatic rings. The first-order valence-electron chi connectivity index (χ1n) is 4.76. The topological polar surface area (TPSA) is 77.9 Å². The first-order chi connectivity index (χ1) is 7.00. The van der Waals surface area contributed by atoms with Gasteiger partial charge in [0.05, 0.1) is 0 Å². The van der Waals surface area contributed by atoms with Crippen LogP contribution in [0.15, 0.2) is 0 Å². The summed E-state index contributed by atoms with van der Waals surface area (Å²) in [5.74, 6) is -1.51. The number of piperazine rings is 1. The molecular weight excluding hydrogens is 200 g/mol. The number of carbonyl (C=O) groups is 3. The van der Waals surface area contributed by atoms with Gasteiger partial charge in [0, 0.05) is 33.1 Å². The second-order valence-corrected chi connectivity index (χ2v) is 3.46. The lowest BCUT2D eigenvalue weighted by Crippen LogP contribution is -2.50. The van der Waals surface area contributed by atoms with Crippen LogP contribution in [0.1, 0.15) is 13.3 Å². The molecule has 1 N–H and O–H groups in total. The highest BCUT2D eigenvalue weighted by Crippen LogP contribution is 2.03. The van der Waals surface area contributed by atoms with Gasteiger partial charge in [0.1, 0.15) is 6.42 Å². The quantitative estimate of drug-likeness (QED) is 0.607. The Balaban J connectivity index is 2.40. The Morgan fingerprint density at radius 2 is 1.53 bits per heavy atom. The van der Waals surface area contributed by atoms with Crippen LogP contribution in [0.25, 0.3) is 0 Å². The predicted molar refractivity (Wildman–Crippen MR) is 51.1 cm³/mol. The maximum atomic E-state index is 11.3. The zero-order valence-electron chi connectivity index (χ0n) is 8.60. The van der Waals surface area contributed by atoms with Gasteiger partial charge < -0.3 is 14.9 Å². The molecule has 1 fully saturated rings. The molecule has 6 heteroatoms. The zero-order chi connectivity index (χ0) is 11.4. The molecule has 0 aromatic carbocycles. The highest BCUT2D eigenvalue weighted by Gasteiger charge is 2.23. The summed E-state index contributed by atoms with van der Waals surface area (Å²) in [6.07, 6.45) is -0.472. The highest BCUT2D eigenvalue weighted by molar-refractivity contribution is 5.93. The number of hydrogen-bond acceptors (Lipinski definition) is 3. The lowest BCUT2D eigenvalue weighted by molar-refractivity contribution is -0.146. The summed E-state index contributed by atoms with van der Waals surface area (Å²) >= 11 is 0. The summed E-state index contributed by atoms with van der Waals surface area (Å²) in [6.45, 7) is 3.30. The van der Waals surface area contributed by atoms with E-state index in [1.807, 2.05) is 0 Å². The minimum Gasteiger partial charge on any atom is -0.481 e. The largest absolute Gasteiger partial charge is 0.481 e. The Kier molecular flexibility index (Phi) is 3.65.